The van der Waals surface area contributed by atoms with E-state index in [4.69, 9.17) is 4.42 Å². The van der Waals surface area contributed by atoms with Gasteiger partial charge in [-0.2, -0.15) is 5.10 Å². The lowest BCUT2D eigenvalue weighted by Gasteiger charge is -2.10. The molecule has 1 amide bonds. The zero-order chi connectivity index (χ0) is 19.7. The first-order valence-electron chi connectivity index (χ1n) is 8.94. The summed E-state index contributed by atoms with van der Waals surface area (Å²) in [5, 5.41) is 7.51. The van der Waals surface area contributed by atoms with E-state index in [1.807, 2.05) is 50.2 Å². The first-order chi connectivity index (χ1) is 13.5. The zero-order valence-electron chi connectivity index (χ0n) is 15.6. The van der Waals surface area contributed by atoms with Gasteiger partial charge in [-0.3, -0.25) is 9.59 Å². The summed E-state index contributed by atoms with van der Waals surface area (Å²) < 4.78 is 7.46. The number of aryl methyl sites for hydroxylation is 2. The van der Waals surface area contributed by atoms with Gasteiger partial charge >= 0.3 is 0 Å². The van der Waals surface area contributed by atoms with Crippen LogP contribution in [0.2, 0.25) is 0 Å². The minimum atomic E-state index is -0.491. The van der Waals surface area contributed by atoms with Gasteiger partial charge in [-0.1, -0.05) is 36.4 Å². The minimum absolute atomic E-state index is 0.0290. The summed E-state index contributed by atoms with van der Waals surface area (Å²) in [4.78, 5) is 25.1. The van der Waals surface area contributed by atoms with Crippen molar-refractivity contribution in [2.45, 2.75) is 20.4 Å². The maximum atomic E-state index is 12.7. The molecule has 28 heavy (non-hydrogen) atoms. The summed E-state index contributed by atoms with van der Waals surface area (Å²) in [5.74, 6) is 0.00550. The van der Waals surface area contributed by atoms with Gasteiger partial charge in [0.2, 0.25) is 0 Å². The Morgan fingerprint density at radius 1 is 1.11 bits per heavy atom. The van der Waals surface area contributed by atoms with Gasteiger partial charge < -0.3 is 9.73 Å². The van der Waals surface area contributed by atoms with Crippen LogP contribution in [-0.2, 0) is 6.54 Å². The van der Waals surface area contributed by atoms with Crippen molar-refractivity contribution in [3.63, 3.8) is 0 Å². The molecule has 0 aliphatic heterocycles. The average molecular weight is 373 g/mol. The van der Waals surface area contributed by atoms with Crippen molar-refractivity contribution < 1.29 is 9.21 Å². The average Bonchev–Trinajstić information content (AvgIpc) is 3.12. The molecule has 0 saturated heterocycles. The molecule has 4 aromatic rings. The Hall–Kier alpha value is -3.67. The molecule has 0 radical (unpaired) electrons. The zero-order valence-corrected chi connectivity index (χ0v) is 15.6. The van der Waals surface area contributed by atoms with Crippen LogP contribution >= 0.6 is 0 Å². The van der Waals surface area contributed by atoms with Crippen LogP contribution in [0.15, 0.2) is 70.0 Å². The molecule has 4 rings (SSSR count). The molecule has 2 aromatic heterocycles. The lowest BCUT2D eigenvalue weighted by Crippen LogP contribution is -2.18. The highest BCUT2D eigenvalue weighted by molar-refractivity contribution is 6.02. The van der Waals surface area contributed by atoms with E-state index >= 15 is 0 Å². The second kappa shape index (κ2) is 7.15. The molecule has 6 nitrogen and oxygen atoms in total. The van der Waals surface area contributed by atoms with Crippen LogP contribution in [0.4, 0.5) is 5.82 Å². The summed E-state index contributed by atoms with van der Waals surface area (Å²) in [7, 11) is 0. The van der Waals surface area contributed by atoms with Crippen LogP contribution in [0.3, 0.4) is 0 Å². The standard InChI is InChI=1S/C22H19N3O3/c1-14-8-9-17-18(26)12-19(28-21(17)15(14)2)22(27)24-20-10-11-23-25(20)13-16-6-4-3-5-7-16/h3-12H,13H2,1-2H3,(H,24,27). The van der Waals surface area contributed by atoms with Crippen molar-refractivity contribution in [3.05, 3.63) is 93.5 Å². The molecular weight excluding hydrogens is 354 g/mol. The van der Waals surface area contributed by atoms with Gasteiger partial charge in [0.1, 0.15) is 11.4 Å². The van der Waals surface area contributed by atoms with Crippen molar-refractivity contribution in [1.29, 1.82) is 0 Å². The Balaban J connectivity index is 1.64. The molecule has 140 valence electrons. The van der Waals surface area contributed by atoms with Crippen molar-refractivity contribution in [2.75, 3.05) is 5.32 Å². The maximum Gasteiger partial charge on any atom is 0.292 e. The highest BCUT2D eigenvalue weighted by Gasteiger charge is 2.16. The van der Waals surface area contributed by atoms with Gasteiger partial charge in [0, 0.05) is 12.1 Å². The Labute approximate surface area is 161 Å². The van der Waals surface area contributed by atoms with Crippen molar-refractivity contribution >= 4 is 22.7 Å². The summed E-state index contributed by atoms with van der Waals surface area (Å²) in [6.07, 6.45) is 1.61. The fourth-order valence-electron chi connectivity index (χ4n) is 3.06. The quantitative estimate of drug-likeness (QED) is 0.588. The molecule has 0 fully saturated rings. The Morgan fingerprint density at radius 3 is 2.68 bits per heavy atom. The topological polar surface area (TPSA) is 77.1 Å². The summed E-state index contributed by atoms with van der Waals surface area (Å²) in [5.41, 5.74) is 3.10. The minimum Gasteiger partial charge on any atom is -0.450 e. The highest BCUT2D eigenvalue weighted by Crippen LogP contribution is 2.21. The van der Waals surface area contributed by atoms with Crippen LogP contribution in [0, 0.1) is 13.8 Å². The summed E-state index contributed by atoms with van der Waals surface area (Å²) >= 11 is 0. The van der Waals surface area contributed by atoms with E-state index in [9.17, 15) is 9.59 Å². The third-order valence-electron chi connectivity index (χ3n) is 4.77. The number of benzene rings is 2. The number of nitrogens with one attached hydrogen (secondary N) is 1. The van der Waals surface area contributed by atoms with Crippen molar-refractivity contribution in [2.24, 2.45) is 0 Å². The number of hydrogen-bond donors (Lipinski definition) is 1. The number of nitrogens with zero attached hydrogens (tertiary/aromatic N) is 2. The molecule has 0 atom stereocenters. The van der Waals surface area contributed by atoms with E-state index in [2.05, 4.69) is 10.4 Å². The van der Waals surface area contributed by atoms with Crippen molar-refractivity contribution in [3.8, 4) is 0 Å². The third kappa shape index (κ3) is 3.32. The molecule has 0 aliphatic rings. The van der Waals surface area contributed by atoms with E-state index in [0.29, 0.717) is 23.3 Å². The number of anilines is 1. The fraction of sp³-hybridized carbons (Fsp3) is 0.136. The molecule has 0 saturated carbocycles. The van der Waals surface area contributed by atoms with Gasteiger partial charge in [-0.05, 0) is 36.6 Å². The molecule has 0 bridgehead atoms. The number of aromatic nitrogens is 2. The van der Waals surface area contributed by atoms with E-state index in [1.54, 1.807) is 23.0 Å². The van der Waals surface area contributed by atoms with Crippen LogP contribution in [-0.4, -0.2) is 15.7 Å². The Morgan fingerprint density at radius 2 is 1.89 bits per heavy atom. The molecule has 2 heterocycles. The smallest absolute Gasteiger partial charge is 0.292 e. The number of amides is 1. The molecule has 2 aromatic carbocycles. The Bertz CT molecular complexity index is 1220. The van der Waals surface area contributed by atoms with Crippen LogP contribution in [0.25, 0.3) is 11.0 Å². The Kier molecular flexibility index (Phi) is 4.53. The second-order valence-corrected chi connectivity index (χ2v) is 6.67. The van der Waals surface area contributed by atoms with E-state index < -0.39 is 5.91 Å². The number of carbonyl (C=O) groups excluding carboxylic acids is 1. The SMILES string of the molecule is Cc1ccc2c(=O)cc(C(=O)Nc3ccnn3Cc3ccccc3)oc2c1C. The van der Waals surface area contributed by atoms with E-state index in [-0.39, 0.29) is 11.2 Å². The van der Waals surface area contributed by atoms with Gasteiger partial charge in [0.25, 0.3) is 5.91 Å². The number of carbonyl (C=O) groups is 1. The van der Waals surface area contributed by atoms with Gasteiger partial charge in [0.05, 0.1) is 18.1 Å². The van der Waals surface area contributed by atoms with Gasteiger partial charge in [-0.25, -0.2) is 4.68 Å². The van der Waals surface area contributed by atoms with Gasteiger partial charge in [-0.15, -0.1) is 0 Å². The highest BCUT2D eigenvalue weighted by atomic mass is 16.3. The fourth-order valence-corrected chi connectivity index (χ4v) is 3.06. The number of hydrogen-bond acceptors (Lipinski definition) is 4. The lowest BCUT2D eigenvalue weighted by atomic mass is 10.1. The molecule has 0 unspecified atom stereocenters. The summed E-state index contributed by atoms with van der Waals surface area (Å²) in [6.45, 7) is 4.32. The molecule has 1 N–H and O–H groups in total. The van der Waals surface area contributed by atoms with Gasteiger partial charge in [0.15, 0.2) is 11.2 Å². The number of fused-ring (bicyclic) bond motifs is 1. The third-order valence-corrected chi connectivity index (χ3v) is 4.77. The predicted octanol–water partition coefficient (Wildman–Crippen LogP) is 3.91. The van der Waals surface area contributed by atoms with Crippen LogP contribution < -0.4 is 10.7 Å². The largest absolute Gasteiger partial charge is 0.450 e. The summed E-state index contributed by atoms with van der Waals surface area (Å²) in [6, 6.07) is 16.3. The number of rotatable bonds is 4. The normalized spacial score (nSPS) is 10.9. The maximum absolute atomic E-state index is 12.7. The molecule has 0 spiro atoms. The lowest BCUT2D eigenvalue weighted by molar-refractivity contribution is 0.0996. The van der Waals surface area contributed by atoms with Crippen LogP contribution in [0.1, 0.15) is 27.2 Å². The second-order valence-electron chi connectivity index (χ2n) is 6.67. The molecule has 6 heteroatoms. The monoisotopic (exact) mass is 373 g/mol. The van der Waals surface area contributed by atoms with Crippen molar-refractivity contribution in [1.82, 2.24) is 9.78 Å². The van der Waals surface area contributed by atoms with E-state index in [0.717, 1.165) is 16.7 Å². The predicted molar refractivity (Wildman–Crippen MR) is 108 cm³/mol. The first-order valence-corrected chi connectivity index (χ1v) is 8.94. The molecule has 0 aliphatic carbocycles. The van der Waals surface area contributed by atoms with E-state index in [1.165, 1.54) is 6.07 Å². The molecular formula is C22H19N3O3. The first kappa shape index (κ1) is 17.7. The van der Waals surface area contributed by atoms with Crippen LogP contribution in [0.5, 0.6) is 0 Å².